The lowest BCUT2D eigenvalue weighted by Crippen LogP contribution is -2.57. The summed E-state index contributed by atoms with van der Waals surface area (Å²) in [6, 6.07) is 0.644. The molecule has 2 fully saturated rings. The summed E-state index contributed by atoms with van der Waals surface area (Å²) in [4.78, 5) is 42.7. The molecule has 1 atom stereocenters. The van der Waals surface area contributed by atoms with Crippen molar-refractivity contribution in [1.29, 1.82) is 0 Å². The highest BCUT2D eigenvalue weighted by Gasteiger charge is 2.39. The fourth-order valence-electron chi connectivity index (χ4n) is 4.66. The summed E-state index contributed by atoms with van der Waals surface area (Å²) in [5.41, 5.74) is -1.13. The van der Waals surface area contributed by atoms with Crippen LogP contribution in [0, 0.1) is 11.8 Å². The number of ketones is 2. The summed E-state index contributed by atoms with van der Waals surface area (Å²) in [7, 11) is 0. The Kier molecular flexibility index (Phi) is 8.83. The molecule has 1 amide bonds. The Morgan fingerprint density at radius 2 is 1.52 bits per heavy atom. The zero-order chi connectivity index (χ0) is 21.6. The van der Waals surface area contributed by atoms with E-state index in [1.165, 1.54) is 32.4 Å². The summed E-state index contributed by atoms with van der Waals surface area (Å²) < 4.78 is 0. The third-order valence-electron chi connectivity index (χ3n) is 6.49. The van der Waals surface area contributed by atoms with Crippen molar-refractivity contribution in [2.45, 2.75) is 84.7 Å². The van der Waals surface area contributed by atoms with Crippen LogP contribution in [-0.2, 0) is 14.4 Å². The zero-order valence-electron chi connectivity index (χ0n) is 19.1. The molecule has 0 aliphatic carbocycles. The molecule has 6 nitrogen and oxygen atoms in total. The van der Waals surface area contributed by atoms with Crippen LogP contribution < -0.4 is 5.32 Å². The lowest BCUT2D eigenvalue weighted by molar-refractivity contribution is -0.137. The van der Waals surface area contributed by atoms with Crippen LogP contribution >= 0.6 is 0 Å². The molecular weight excluding hydrogens is 366 g/mol. The lowest BCUT2D eigenvalue weighted by atomic mass is 9.82. The van der Waals surface area contributed by atoms with Crippen LogP contribution in [0.15, 0.2) is 0 Å². The SMILES string of the molecule is CC(C)C(=O)CC(C)(NC(=O)CN1CCC(N2CCCCC2)CC1)C(=O)C(C)C. The molecule has 0 radical (unpaired) electrons. The molecule has 0 spiro atoms. The van der Waals surface area contributed by atoms with Gasteiger partial charge in [0, 0.05) is 37.4 Å². The molecule has 166 valence electrons. The van der Waals surface area contributed by atoms with Crippen LogP contribution in [0.25, 0.3) is 0 Å². The number of carbonyl (C=O) groups excluding carboxylic acids is 3. The fraction of sp³-hybridized carbons (Fsp3) is 0.870. The number of amides is 1. The van der Waals surface area contributed by atoms with E-state index in [0.29, 0.717) is 12.6 Å². The van der Waals surface area contributed by atoms with Gasteiger partial charge in [-0.1, -0.05) is 34.1 Å². The van der Waals surface area contributed by atoms with Gasteiger partial charge in [-0.15, -0.1) is 0 Å². The number of hydrogen-bond donors (Lipinski definition) is 1. The quantitative estimate of drug-likeness (QED) is 0.636. The molecule has 29 heavy (non-hydrogen) atoms. The molecule has 1 unspecified atom stereocenters. The summed E-state index contributed by atoms with van der Waals surface area (Å²) in [5, 5.41) is 2.92. The molecule has 2 heterocycles. The van der Waals surface area contributed by atoms with E-state index in [4.69, 9.17) is 0 Å². The minimum atomic E-state index is -1.13. The second-order valence-electron chi connectivity index (χ2n) is 9.80. The highest BCUT2D eigenvalue weighted by molar-refractivity contribution is 5.98. The van der Waals surface area contributed by atoms with Crippen molar-refractivity contribution in [2.75, 3.05) is 32.7 Å². The third kappa shape index (κ3) is 6.88. The van der Waals surface area contributed by atoms with E-state index in [1.807, 2.05) is 27.7 Å². The second-order valence-corrected chi connectivity index (χ2v) is 9.80. The minimum Gasteiger partial charge on any atom is -0.342 e. The maximum absolute atomic E-state index is 12.8. The standard InChI is InChI=1S/C23H41N3O3/c1-17(2)20(27)15-23(5,22(29)18(3)4)24-21(28)16-25-13-9-19(10-14-25)26-11-7-6-8-12-26/h17-19H,6-16H2,1-5H3,(H,24,28). The fourth-order valence-corrected chi connectivity index (χ4v) is 4.66. The van der Waals surface area contributed by atoms with Crippen molar-refractivity contribution >= 4 is 17.5 Å². The number of hydrogen-bond acceptors (Lipinski definition) is 5. The van der Waals surface area contributed by atoms with E-state index in [2.05, 4.69) is 15.1 Å². The zero-order valence-corrected chi connectivity index (χ0v) is 19.1. The van der Waals surface area contributed by atoms with Gasteiger partial charge in [-0.3, -0.25) is 19.3 Å². The smallest absolute Gasteiger partial charge is 0.234 e. The monoisotopic (exact) mass is 407 g/mol. The number of likely N-dealkylation sites (tertiary alicyclic amines) is 2. The van der Waals surface area contributed by atoms with Gasteiger partial charge >= 0.3 is 0 Å². The molecule has 0 aromatic heterocycles. The number of piperidine rings is 2. The molecule has 2 rings (SSSR count). The Balaban J connectivity index is 1.89. The van der Waals surface area contributed by atoms with Crippen LogP contribution in [0.2, 0.25) is 0 Å². The topological polar surface area (TPSA) is 69.7 Å². The Labute approximate surface area is 176 Å². The molecule has 2 aliphatic heterocycles. The van der Waals surface area contributed by atoms with Crippen molar-refractivity contribution in [3.63, 3.8) is 0 Å². The summed E-state index contributed by atoms with van der Waals surface area (Å²) in [5.74, 6) is -0.622. The Bertz CT molecular complexity index is 576. The van der Waals surface area contributed by atoms with Gasteiger partial charge in [0.05, 0.1) is 6.54 Å². The first-order valence-electron chi connectivity index (χ1n) is 11.5. The molecule has 0 saturated carbocycles. The predicted molar refractivity (Wildman–Crippen MR) is 116 cm³/mol. The van der Waals surface area contributed by atoms with Gasteiger partial charge in [-0.05, 0) is 45.7 Å². The summed E-state index contributed by atoms with van der Waals surface area (Å²) in [6.07, 6.45) is 6.22. The highest BCUT2D eigenvalue weighted by atomic mass is 16.2. The molecule has 0 bridgehead atoms. The maximum atomic E-state index is 12.8. The molecular formula is C23H41N3O3. The summed E-state index contributed by atoms with van der Waals surface area (Å²) >= 11 is 0. The van der Waals surface area contributed by atoms with Gasteiger partial charge in [0.1, 0.15) is 11.3 Å². The normalized spacial score (nSPS) is 21.9. The van der Waals surface area contributed by atoms with Gasteiger partial charge in [0.25, 0.3) is 0 Å². The number of carbonyl (C=O) groups is 3. The third-order valence-corrected chi connectivity index (χ3v) is 6.49. The summed E-state index contributed by atoms with van der Waals surface area (Å²) in [6.45, 7) is 13.5. The lowest BCUT2D eigenvalue weighted by Gasteiger charge is -2.40. The average molecular weight is 408 g/mol. The van der Waals surface area contributed by atoms with Crippen molar-refractivity contribution < 1.29 is 14.4 Å². The minimum absolute atomic E-state index is 0.00384. The molecule has 0 aromatic carbocycles. The first kappa shape index (κ1) is 24.0. The Hall–Kier alpha value is -1.27. The van der Waals surface area contributed by atoms with E-state index < -0.39 is 5.54 Å². The molecule has 0 aromatic rings. The van der Waals surface area contributed by atoms with E-state index in [1.54, 1.807) is 6.92 Å². The van der Waals surface area contributed by atoms with Gasteiger partial charge in [0.2, 0.25) is 5.91 Å². The van der Waals surface area contributed by atoms with Crippen molar-refractivity contribution in [1.82, 2.24) is 15.1 Å². The maximum Gasteiger partial charge on any atom is 0.234 e. The predicted octanol–water partition coefficient (Wildman–Crippen LogP) is 2.65. The highest BCUT2D eigenvalue weighted by Crippen LogP contribution is 2.22. The van der Waals surface area contributed by atoms with Crippen LogP contribution in [0.4, 0.5) is 0 Å². The van der Waals surface area contributed by atoms with Crippen LogP contribution in [0.1, 0.15) is 73.1 Å². The Morgan fingerprint density at radius 3 is 2.03 bits per heavy atom. The Morgan fingerprint density at radius 1 is 0.931 bits per heavy atom. The van der Waals surface area contributed by atoms with E-state index >= 15 is 0 Å². The van der Waals surface area contributed by atoms with Crippen LogP contribution in [0.3, 0.4) is 0 Å². The molecule has 2 aliphatic rings. The van der Waals surface area contributed by atoms with Crippen LogP contribution in [-0.4, -0.2) is 71.6 Å². The number of rotatable bonds is 9. The first-order chi connectivity index (χ1) is 13.6. The van der Waals surface area contributed by atoms with Crippen LogP contribution in [0.5, 0.6) is 0 Å². The van der Waals surface area contributed by atoms with Gasteiger partial charge in [-0.2, -0.15) is 0 Å². The van der Waals surface area contributed by atoms with Crippen molar-refractivity contribution in [3.05, 3.63) is 0 Å². The van der Waals surface area contributed by atoms with Crippen molar-refractivity contribution in [2.24, 2.45) is 11.8 Å². The molecule has 1 N–H and O–H groups in total. The van der Waals surface area contributed by atoms with E-state index in [0.717, 1.165) is 25.9 Å². The number of nitrogens with zero attached hydrogens (tertiary/aromatic N) is 2. The molecule has 2 saturated heterocycles. The molecule has 6 heteroatoms. The van der Waals surface area contributed by atoms with E-state index in [9.17, 15) is 14.4 Å². The van der Waals surface area contributed by atoms with Gasteiger partial charge in [0.15, 0.2) is 5.78 Å². The number of Topliss-reactive ketones (excluding diaryl/α,β-unsaturated/α-hetero) is 2. The van der Waals surface area contributed by atoms with E-state index in [-0.39, 0.29) is 35.7 Å². The largest absolute Gasteiger partial charge is 0.342 e. The average Bonchev–Trinajstić information content (AvgIpc) is 2.68. The first-order valence-corrected chi connectivity index (χ1v) is 11.5. The van der Waals surface area contributed by atoms with Gasteiger partial charge in [-0.25, -0.2) is 0 Å². The second kappa shape index (κ2) is 10.7. The van der Waals surface area contributed by atoms with Crippen molar-refractivity contribution in [3.8, 4) is 0 Å². The number of nitrogens with one attached hydrogen (secondary N) is 1. The van der Waals surface area contributed by atoms with Gasteiger partial charge < -0.3 is 10.2 Å².